The zero-order chi connectivity index (χ0) is 17.6. The Morgan fingerprint density at radius 3 is 2.12 bits per heavy atom. The number of aromatic nitrogens is 1. The summed E-state index contributed by atoms with van der Waals surface area (Å²) in [6.07, 6.45) is 0.980. The van der Waals surface area contributed by atoms with Crippen LogP contribution in [0.4, 0.5) is 0 Å². The number of carboxylic acids is 1. The Kier molecular flexibility index (Phi) is 3.74. The lowest BCUT2D eigenvalue weighted by Gasteiger charge is -2.14. The third-order valence-corrected chi connectivity index (χ3v) is 4.65. The Morgan fingerprint density at radius 1 is 1.04 bits per heavy atom. The van der Waals surface area contributed by atoms with Crippen molar-refractivity contribution in [2.45, 2.75) is 46.1 Å². The average Bonchev–Trinajstić information content (AvgIpc) is 3.18. The summed E-state index contributed by atoms with van der Waals surface area (Å²) in [5, 5.41) is 11.9. The summed E-state index contributed by atoms with van der Waals surface area (Å²) in [6.45, 7) is 7.93. The van der Waals surface area contributed by atoms with Crippen molar-refractivity contribution in [1.29, 1.82) is 0 Å². The van der Waals surface area contributed by atoms with Gasteiger partial charge in [0.05, 0.1) is 5.56 Å². The number of hydrogen-bond donors (Lipinski definition) is 2. The first kappa shape index (κ1) is 16.3. The van der Waals surface area contributed by atoms with Crippen LogP contribution in [0.2, 0.25) is 0 Å². The van der Waals surface area contributed by atoms with Crippen LogP contribution in [0, 0.1) is 27.7 Å². The van der Waals surface area contributed by atoms with Gasteiger partial charge in [0.15, 0.2) is 0 Å². The molecule has 2 aromatic rings. The molecule has 1 amide bonds. The number of aryl methyl sites for hydroxylation is 3. The summed E-state index contributed by atoms with van der Waals surface area (Å²) in [7, 11) is 0. The topological polar surface area (TPSA) is 71.3 Å². The van der Waals surface area contributed by atoms with Crippen LogP contribution in [-0.2, 0) is 4.79 Å². The molecule has 1 aliphatic carbocycles. The van der Waals surface area contributed by atoms with Crippen LogP contribution in [0.25, 0.3) is 5.69 Å². The van der Waals surface area contributed by atoms with Crippen molar-refractivity contribution in [2.24, 2.45) is 0 Å². The second-order valence-electron chi connectivity index (χ2n) is 6.81. The van der Waals surface area contributed by atoms with Crippen molar-refractivity contribution < 1.29 is 14.7 Å². The van der Waals surface area contributed by atoms with Gasteiger partial charge in [-0.3, -0.25) is 4.79 Å². The molecule has 0 atom stereocenters. The molecule has 0 bridgehead atoms. The molecule has 0 radical (unpaired) electrons. The van der Waals surface area contributed by atoms with E-state index in [1.165, 1.54) is 0 Å². The zero-order valence-electron chi connectivity index (χ0n) is 14.4. The molecule has 0 spiro atoms. The predicted octanol–water partition coefficient (Wildman–Crippen LogP) is 3.06. The molecule has 1 aromatic carbocycles. The molecular weight excluding hydrogens is 304 g/mol. The predicted molar refractivity (Wildman–Crippen MR) is 91.8 cm³/mol. The summed E-state index contributed by atoms with van der Waals surface area (Å²) in [4.78, 5) is 23.9. The molecule has 5 nitrogen and oxygen atoms in total. The molecule has 5 heteroatoms. The van der Waals surface area contributed by atoms with Gasteiger partial charge in [0, 0.05) is 17.1 Å². The number of nitrogens with one attached hydrogen (secondary N) is 1. The van der Waals surface area contributed by atoms with E-state index in [0.717, 1.165) is 28.2 Å². The molecule has 0 unspecified atom stereocenters. The second kappa shape index (κ2) is 5.51. The Hall–Kier alpha value is -2.56. The lowest BCUT2D eigenvalue weighted by molar-refractivity contribution is -0.140. The molecule has 2 N–H and O–H groups in total. The second-order valence-corrected chi connectivity index (χ2v) is 6.81. The van der Waals surface area contributed by atoms with Crippen LogP contribution >= 0.6 is 0 Å². The lowest BCUT2D eigenvalue weighted by Crippen LogP contribution is -2.43. The quantitative estimate of drug-likeness (QED) is 0.907. The summed E-state index contributed by atoms with van der Waals surface area (Å²) in [5.41, 5.74) is 4.55. The molecule has 1 aliphatic rings. The van der Waals surface area contributed by atoms with Gasteiger partial charge in [0.25, 0.3) is 5.91 Å². The Labute approximate surface area is 141 Å². The molecule has 1 saturated carbocycles. The van der Waals surface area contributed by atoms with E-state index in [1.807, 2.05) is 38.3 Å². The van der Waals surface area contributed by atoms with Crippen molar-refractivity contribution in [3.63, 3.8) is 0 Å². The van der Waals surface area contributed by atoms with Crippen LogP contribution in [0.1, 0.15) is 45.7 Å². The van der Waals surface area contributed by atoms with Crippen molar-refractivity contribution in [3.8, 4) is 5.69 Å². The summed E-state index contributed by atoms with van der Waals surface area (Å²) >= 11 is 0. The fraction of sp³-hybridized carbons (Fsp3) is 0.368. The van der Waals surface area contributed by atoms with E-state index in [9.17, 15) is 14.7 Å². The standard InChI is InChI=1S/C19H22N2O3/c1-11-7-12(2)9-15(8-11)21-13(3)10-16(14(21)4)17(22)20-19(5-6-19)18(23)24/h7-10H,5-6H2,1-4H3,(H,20,22)(H,23,24). The minimum Gasteiger partial charge on any atom is -0.480 e. The molecule has 0 saturated heterocycles. The maximum atomic E-state index is 12.6. The van der Waals surface area contributed by atoms with Gasteiger partial charge < -0.3 is 15.0 Å². The van der Waals surface area contributed by atoms with E-state index in [-0.39, 0.29) is 5.91 Å². The molecule has 1 aromatic heterocycles. The van der Waals surface area contributed by atoms with E-state index in [2.05, 4.69) is 23.5 Å². The molecular formula is C19H22N2O3. The van der Waals surface area contributed by atoms with E-state index in [4.69, 9.17) is 0 Å². The monoisotopic (exact) mass is 326 g/mol. The van der Waals surface area contributed by atoms with Crippen LogP contribution in [-0.4, -0.2) is 27.1 Å². The Bertz CT molecular complexity index is 824. The van der Waals surface area contributed by atoms with Crippen molar-refractivity contribution >= 4 is 11.9 Å². The average molecular weight is 326 g/mol. The Balaban J connectivity index is 1.98. The van der Waals surface area contributed by atoms with Gasteiger partial charge in [0.2, 0.25) is 0 Å². The van der Waals surface area contributed by atoms with Crippen molar-refractivity contribution in [3.05, 3.63) is 52.3 Å². The highest BCUT2D eigenvalue weighted by molar-refractivity contribution is 6.00. The largest absolute Gasteiger partial charge is 0.480 e. The fourth-order valence-electron chi connectivity index (χ4n) is 3.27. The smallest absolute Gasteiger partial charge is 0.329 e. The number of benzene rings is 1. The van der Waals surface area contributed by atoms with E-state index in [0.29, 0.717) is 18.4 Å². The first-order valence-electron chi connectivity index (χ1n) is 8.07. The Morgan fingerprint density at radius 2 is 1.62 bits per heavy atom. The van der Waals surface area contributed by atoms with Gasteiger partial charge in [-0.25, -0.2) is 4.79 Å². The highest BCUT2D eigenvalue weighted by atomic mass is 16.4. The van der Waals surface area contributed by atoms with Gasteiger partial charge in [-0.2, -0.15) is 0 Å². The van der Waals surface area contributed by atoms with Crippen molar-refractivity contribution in [1.82, 2.24) is 9.88 Å². The molecule has 1 heterocycles. The summed E-state index contributed by atoms with van der Waals surface area (Å²) in [5.74, 6) is -1.28. The number of carboxylic acid groups (broad SMARTS) is 1. The van der Waals surface area contributed by atoms with Crippen LogP contribution in [0.3, 0.4) is 0 Å². The third-order valence-electron chi connectivity index (χ3n) is 4.65. The molecule has 24 heavy (non-hydrogen) atoms. The number of carbonyl (C=O) groups is 2. The first-order chi connectivity index (χ1) is 11.2. The van der Waals surface area contributed by atoms with Gasteiger partial charge in [-0.05, 0) is 69.9 Å². The highest BCUT2D eigenvalue weighted by Crippen LogP contribution is 2.36. The molecule has 0 aliphatic heterocycles. The minimum absolute atomic E-state index is 0.321. The van der Waals surface area contributed by atoms with Crippen molar-refractivity contribution in [2.75, 3.05) is 0 Å². The summed E-state index contributed by atoms with van der Waals surface area (Å²) < 4.78 is 2.04. The zero-order valence-corrected chi connectivity index (χ0v) is 14.4. The number of aliphatic carboxylic acids is 1. The normalized spacial score (nSPS) is 15.2. The van der Waals surface area contributed by atoms with E-state index < -0.39 is 11.5 Å². The molecule has 126 valence electrons. The third kappa shape index (κ3) is 2.70. The van der Waals surface area contributed by atoms with Gasteiger partial charge in [0.1, 0.15) is 5.54 Å². The number of nitrogens with zero attached hydrogens (tertiary/aromatic N) is 1. The maximum Gasteiger partial charge on any atom is 0.329 e. The van der Waals surface area contributed by atoms with Crippen LogP contribution in [0.5, 0.6) is 0 Å². The first-order valence-corrected chi connectivity index (χ1v) is 8.07. The van der Waals surface area contributed by atoms with Gasteiger partial charge in [-0.15, -0.1) is 0 Å². The summed E-state index contributed by atoms with van der Waals surface area (Å²) in [6, 6.07) is 8.08. The van der Waals surface area contributed by atoms with Gasteiger partial charge >= 0.3 is 5.97 Å². The number of rotatable bonds is 4. The van der Waals surface area contributed by atoms with E-state index in [1.54, 1.807) is 0 Å². The van der Waals surface area contributed by atoms with E-state index >= 15 is 0 Å². The lowest BCUT2D eigenvalue weighted by atomic mass is 10.1. The maximum absolute atomic E-state index is 12.6. The minimum atomic E-state index is -1.07. The van der Waals surface area contributed by atoms with Crippen LogP contribution < -0.4 is 5.32 Å². The number of amides is 1. The fourth-order valence-corrected chi connectivity index (χ4v) is 3.27. The van der Waals surface area contributed by atoms with Crippen LogP contribution in [0.15, 0.2) is 24.3 Å². The molecule has 3 rings (SSSR count). The SMILES string of the molecule is Cc1cc(C)cc(-n2c(C)cc(C(=O)NC3(C(=O)O)CC3)c2C)c1. The van der Waals surface area contributed by atoms with Gasteiger partial charge in [-0.1, -0.05) is 6.07 Å². The number of hydrogen-bond acceptors (Lipinski definition) is 2. The molecule has 1 fully saturated rings. The highest BCUT2D eigenvalue weighted by Gasteiger charge is 2.51. The number of carbonyl (C=O) groups excluding carboxylic acids is 1.